The van der Waals surface area contributed by atoms with Gasteiger partial charge in [-0.3, -0.25) is 9.48 Å². The van der Waals surface area contributed by atoms with E-state index in [-0.39, 0.29) is 19.1 Å². The largest absolute Gasteiger partial charge is 0.394 e. The molecule has 0 spiro atoms. The predicted octanol–water partition coefficient (Wildman–Crippen LogP) is -0.680. The summed E-state index contributed by atoms with van der Waals surface area (Å²) in [6.45, 7) is 2.02. The Kier molecular flexibility index (Phi) is 5.81. The number of carbonyl (C=O) groups excluding carboxylic acids is 2. The number of amides is 3. The zero-order valence-corrected chi connectivity index (χ0v) is 14.1. The zero-order chi connectivity index (χ0) is 18.4. The number of nitrogens with one attached hydrogen (secondary N) is 3. The maximum Gasteiger partial charge on any atom is 0.320 e. The van der Waals surface area contributed by atoms with E-state index in [0.29, 0.717) is 37.8 Å². The minimum absolute atomic E-state index is 0.0504. The van der Waals surface area contributed by atoms with Gasteiger partial charge in [-0.2, -0.15) is 5.10 Å². The van der Waals surface area contributed by atoms with Crippen LogP contribution in [0.4, 0.5) is 10.5 Å². The number of ether oxygens (including phenoxy) is 1. The van der Waals surface area contributed by atoms with Crippen molar-refractivity contribution in [2.75, 3.05) is 38.2 Å². The molecule has 0 radical (unpaired) electrons. The van der Waals surface area contributed by atoms with Crippen molar-refractivity contribution in [3.63, 3.8) is 0 Å². The standard InChI is InChI=1S/C15H21N7O4/c23-10-12(14-16-1-2-17-14)20-15(25)19-11-7-18-22(8-11)9-13(24)21-3-5-26-6-4-21/h1-2,7-8,12,23H,3-6,9-10H2,(H,16,17)(H2,19,20,25). The predicted molar refractivity (Wildman–Crippen MR) is 90.2 cm³/mol. The summed E-state index contributed by atoms with van der Waals surface area (Å²) in [5.41, 5.74) is 0.438. The highest BCUT2D eigenvalue weighted by Gasteiger charge is 2.18. The van der Waals surface area contributed by atoms with Gasteiger partial charge in [-0.25, -0.2) is 9.78 Å². The molecule has 4 N–H and O–H groups in total. The highest BCUT2D eigenvalue weighted by atomic mass is 16.5. The van der Waals surface area contributed by atoms with Crippen LogP contribution in [0.25, 0.3) is 0 Å². The van der Waals surface area contributed by atoms with Gasteiger partial charge in [-0.1, -0.05) is 0 Å². The molecule has 3 rings (SSSR count). The van der Waals surface area contributed by atoms with Crippen molar-refractivity contribution in [1.29, 1.82) is 0 Å². The third-order valence-corrected chi connectivity index (χ3v) is 3.89. The topological polar surface area (TPSA) is 137 Å². The average molecular weight is 363 g/mol. The first kappa shape index (κ1) is 17.9. The number of aromatic amines is 1. The summed E-state index contributed by atoms with van der Waals surface area (Å²) in [4.78, 5) is 32.8. The summed E-state index contributed by atoms with van der Waals surface area (Å²) >= 11 is 0. The fourth-order valence-corrected chi connectivity index (χ4v) is 2.56. The number of aromatic nitrogens is 4. The summed E-state index contributed by atoms with van der Waals surface area (Å²) in [6.07, 6.45) is 6.16. The smallest absolute Gasteiger partial charge is 0.320 e. The van der Waals surface area contributed by atoms with Gasteiger partial charge in [0.15, 0.2) is 0 Å². The number of anilines is 1. The molecule has 0 aromatic carbocycles. The number of morpholine rings is 1. The molecule has 2 aromatic rings. The minimum Gasteiger partial charge on any atom is -0.394 e. The molecule has 3 heterocycles. The molecule has 0 bridgehead atoms. The van der Waals surface area contributed by atoms with Crippen LogP contribution in [0.1, 0.15) is 11.9 Å². The summed E-state index contributed by atoms with van der Waals surface area (Å²) in [5, 5.41) is 18.7. The van der Waals surface area contributed by atoms with E-state index in [2.05, 4.69) is 25.7 Å². The van der Waals surface area contributed by atoms with E-state index in [9.17, 15) is 14.7 Å². The van der Waals surface area contributed by atoms with Crippen molar-refractivity contribution in [1.82, 2.24) is 30.0 Å². The molecule has 1 fully saturated rings. The Balaban J connectivity index is 1.51. The second kappa shape index (κ2) is 8.45. The lowest BCUT2D eigenvalue weighted by atomic mass is 10.3. The van der Waals surface area contributed by atoms with Crippen LogP contribution < -0.4 is 10.6 Å². The third-order valence-electron chi connectivity index (χ3n) is 3.89. The molecule has 0 aliphatic carbocycles. The number of nitrogens with zero attached hydrogens (tertiary/aromatic N) is 4. The maximum atomic E-state index is 12.2. The van der Waals surface area contributed by atoms with Gasteiger partial charge in [-0.05, 0) is 0 Å². The monoisotopic (exact) mass is 363 g/mol. The van der Waals surface area contributed by atoms with Gasteiger partial charge in [-0.15, -0.1) is 0 Å². The van der Waals surface area contributed by atoms with E-state index in [1.54, 1.807) is 17.3 Å². The van der Waals surface area contributed by atoms with Crippen molar-refractivity contribution in [3.8, 4) is 0 Å². The van der Waals surface area contributed by atoms with Crippen LogP contribution in [0.15, 0.2) is 24.8 Å². The summed E-state index contributed by atoms with van der Waals surface area (Å²) in [6, 6.07) is -1.16. The SMILES string of the molecule is O=C(Nc1cnn(CC(=O)N2CCOCC2)c1)NC(CO)c1ncc[nH]1. The van der Waals surface area contributed by atoms with Crippen LogP contribution in [0.2, 0.25) is 0 Å². The third kappa shape index (κ3) is 4.58. The van der Waals surface area contributed by atoms with Gasteiger partial charge in [0.25, 0.3) is 0 Å². The van der Waals surface area contributed by atoms with E-state index in [1.165, 1.54) is 17.1 Å². The lowest BCUT2D eigenvalue weighted by Crippen LogP contribution is -2.42. The summed E-state index contributed by atoms with van der Waals surface area (Å²) in [5.74, 6) is 0.403. The summed E-state index contributed by atoms with van der Waals surface area (Å²) < 4.78 is 6.68. The number of H-pyrrole nitrogens is 1. The lowest BCUT2D eigenvalue weighted by molar-refractivity contribution is -0.136. The van der Waals surface area contributed by atoms with E-state index < -0.39 is 12.1 Å². The van der Waals surface area contributed by atoms with Crippen LogP contribution in [-0.2, 0) is 16.1 Å². The van der Waals surface area contributed by atoms with Crippen LogP contribution in [-0.4, -0.2) is 74.6 Å². The number of hydrogen-bond acceptors (Lipinski definition) is 6. The average Bonchev–Trinajstić information content (AvgIpc) is 3.33. The molecule has 1 unspecified atom stereocenters. The van der Waals surface area contributed by atoms with E-state index in [4.69, 9.17) is 4.74 Å². The first-order valence-corrected chi connectivity index (χ1v) is 8.21. The van der Waals surface area contributed by atoms with E-state index >= 15 is 0 Å². The molecule has 2 aromatic heterocycles. The Morgan fingerprint density at radius 2 is 2.19 bits per heavy atom. The lowest BCUT2D eigenvalue weighted by Gasteiger charge is -2.26. The highest BCUT2D eigenvalue weighted by molar-refractivity contribution is 5.89. The number of imidazole rings is 1. The second-order valence-corrected chi connectivity index (χ2v) is 5.73. The molecule has 1 aliphatic heterocycles. The number of aliphatic hydroxyl groups excluding tert-OH is 1. The molecular weight excluding hydrogens is 342 g/mol. The van der Waals surface area contributed by atoms with Crippen LogP contribution in [0, 0.1) is 0 Å². The van der Waals surface area contributed by atoms with Gasteiger partial charge >= 0.3 is 6.03 Å². The molecule has 11 nitrogen and oxygen atoms in total. The fourth-order valence-electron chi connectivity index (χ4n) is 2.56. The first-order chi connectivity index (χ1) is 12.7. The second-order valence-electron chi connectivity index (χ2n) is 5.73. The van der Waals surface area contributed by atoms with Gasteiger partial charge in [0.05, 0.1) is 31.7 Å². The van der Waals surface area contributed by atoms with Gasteiger partial charge in [0.1, 0.15) is 18.4 Å². The first-order valence-electron chi connectivity index (χ1n) is 8.21. The van der Waals surface area contributed by atoms with Crippen LogP contribution in [0.3, 0.4) is 0 Å². The van der Waals surface area contributed by atoms with Gasteiger partial charge in [0, 0.05) is 31.7 Å². The number of aliphatic hydroxyl groups is 1. The molecule has 140 valence electrons. The maximum absolute atomic E-state index is 12.2. The molecule has 1 saturated heterocycles. The van der Waals surface area contributed by atoms with Crippen molar-refractivity contribution in [3.05, 3.63) is 30.6 Å². The molecule has 1 aliphatic rings. The summed E-state index contributed by atoms with van der Waals surface area (Å²) in [7, 11) is 0. The number of hydrogen-bond donors (Lipinski definition) is 4. The van der Waals surface area contributed by atoms with Crippen LogP contribution in [0.5, 0.6) is 0 Å². The van der Waals surface area contributed by atoms with E-state index in [0.717, 1.165) is 0 Å². The Morgan fingerprint density at radius 1 is 1.38 bits per heavy atom. The number of urea groups is 1. The van der Waals surface area contributed by atoms with Crippen LogP contribution >= 0.6 is 0 Å². The van der Waals surface area contributed by atoms with Crippen molar-refractivity contribution in [2.45, 2.75) is 12.6 Å². The molecule has 0 saturated carbocycles. The molecule has 26 heavy (non-hydrogen) atoms. The quantitative estimate of drug-likeness (QED) is 0.537. The normalized spacial score (nSPS) is 15.5. The fraction of sp³-hybridized carbons (Fsp3) is 0.467. The highest BCUT2D eigenvalue weighted by Crippen LogP contribution is 2.09. The van der Waals surface area contributed by atoms with Gasteiger partial charge < -0.3 is 30.4 Å². The molecular formula is C15H21N7O4. The van der Waals surface area contributed by atoms with Crippen molar-refractivity contribution >= 4 is 17.6 Å². The number of carbonyl (C=O) groups is 2. The minimum atomic E-state index is -0.650. The molecule has 11 heteroatoms. The Morgan fingerprint density at radius 3 is 2.88 bits per heavy atom. The van der Waals surface area contributed by atoms with Crippen molar-refractivity contribution in [2.24, 2.45) is 0 Å². The Bertz CT molecular complexity index is 724. The molecule has 3 amide bonds. The van der Waals surface area contributed by atoms with Gasteiger partial charge in [0.2, 0.25) is 5.91 Å². The number of rotatable bonds is 6. The Labute approximate surface area is 149 Å². The zero-order valence-electron chi connectivity index (χ0n) is 14.1. The Hall–Kier alpha value is -2.92. The van der Waals surface area contributed by atoms with Crippen molar-refractivity contribution < 1.29 is 19.4 Å². The molecule has 1 atom stereocenters. The van der Waals surface area contributed by atoms with E-state index in [1.807, 2.05) is 0 Å².